The Labute approximate surface area is 166 Å². The molecule has 0 bridgehead atoms. The lowest BCUT2D eigenvalue weighted by molar-refractivity contribution is 0.134. The fourth-order valence-electron chi connectivity index (χ4n) is 3.03. The molecule has 0 heterocycles. The number of carbonyl (C=O) groups excluding carboxylic acids is 1. The molecule has 0 fully saturated rings. The number of alkyl carbamates (subject to hydrolysis) is 1. The summed E-state index contributed by atoms with van der Waals surface area (Å²) in [7, 11) is -4.26. The molecule has 152 valence electrons. The van der Waals surface area contributed by atoms with Crippen molar-refractivity contribution in [1.29, 1.82) is 0 Å². The van der Waals surface area contributed by atoms with Crippen molar-refractivity contribution in [3.8, 4) is 0 Å². The maximum atomic E-state index is 12.1. The Balaban J connectivity index is 1.98. The van der Waals surface area contributed by atoms with Crippen LogP contribution in [0, 0.1) is 0 Å². The van der Waals surface area contributed by atoms with E-state index in [4.69, 9.17) is 4.74 Å². The molecular weight excluding hydrogens is 378 g/mol. The van der Waals surface area contributed by atoms with Gasteiger partial charge in [0.2, 0.25) is 0 Å². The number of benzene rings is 2. The van der Waals surface area contributed by atoms with Crippen LogP contribution in [0.25, 0.3) is 0 Å². The topological polar surface area (TPSA) is 92.7 Å². The molecule has 2 aromatic carbocycles. The minimum absolute atomic E-state index is 0.113. The van der Waals surface area contributed by atoms with Gasteiger partial charge >= 0.3 is 6.09 Å². The zero-order valence-electron chi connectivity index (χ0n) is 16.0. The number of nitrogens with one attached hydrogen (secondary N) is 1. The fourth-order valence-corrected chi connectivity index (χ4v) is 3.91. The molecule has 0 aromatic heterocycles. The Bertz CT molecular complexity index is 824. The van der Waals surface area contributed by atoms with Gasteiger partial charge in [-0.05, 0) is 30.4 Å². The Morgan fingerprint density at radius 1 is 1.04 bits per heavy atom. The van der Waals surface area contributed by atoms with Gasteiger partial charge in [-0.25, -0.2) is 4.79 Å². The summed E-state index contributed by atoms with van der Waals surface area (Å²) in [5.74, 6) is 0. The molecule has 0 aliphatic heterocycles. The van der Waals surface area contributed by atoms with Crippen LogP contribution in [0.3, 0.4) is 0 Å². The summed E-state index contributed by atoms with van der Waals surface area (Å²) in [6.07, 6.45) is 1.04. The first-order valence-electron chi connectivity index (χ1n) is 9.36. The molecule has 0 aliphatic carbocycles. The molecule has 7 heteroatoms. The lowest BCUT2D eigenvalue weighted by Crippen LogP contribution is -2.40. The lowest BCUT2D eigenvalue weighted by Gasteiger charge is -2.22. The summed E-state index contributed by atoms with van der Waals surface area (Å²) in [6.45, 7) is 2.08. The SMILES string of the molecule is CCCC(CC(Cc1ccccc1)S(=O)(=O)O)NC(=O)OCc1ccccc1. The summed E-state index contributed by atoms with van der Waals surface area (Å²) >= 11 is 0. The van der Waals surface area contributed by atoms with Crippen LogP contribution in [0.15, 0.2) is 60.7 Å². The number of amides is 1. The Morgan fingerprint density at radius 3 is 2.14 bits per heavy atom. The van der Waals surface area contributed by atoms with Gasteiger partial charge in [-0.1, -0.05) is 74.0 Å². The maximum absolute atomic E-state index is 12.1. The van der Waals surface area contributed by atoms with Crippen molar-refractivity contribution in [2.24, 2.45) is 0 Å². The second-order valence-corrected chi connectivity index (χ2v) is 8.45. The van der Waals surface area contributed by atoms with Gasteiger partial charge < -0.3 is 10.1 Å². The highest BCUT2D eigenvalue weighted by Crippen LogP contribution is 2.17. The van der Waals surface area contributed by atoms with Crippen LogP contribution in [0.1, 0.15) is 37.3 Å². The molecule has 1 amide bonds. The fraction of sp³-hybridized carbons (Fsp3) is 0.381. The first-order valence-corrected chi connectivity index (χ1v) is 10.9. The Kier molecular flexibility index (Phi) is 8.47. The normalized spacial score (nSPS) is 13.5. The zero-order chi connectivity index (χ0) is 20.4. The molecule has 2 rings (SSSR count). The van der Waals surface area contributed by atoms with Gasteiger partial charge in [0.15, 0.2) is 0 Å². The monoisotopic (exact) mass is 405 g/mol. The smallest absolute Gasteiger partial charge is 0.407 e. The summed E-state index contributed by atoms with van der Waals surface area (Å²) < 4.78 is 38.7. The van der Waals surface area contributed by atoms with E-state index in [0.717, 1.165) is 17.5 Å². The predicted octanol–water partition coefficient (Wildman–Crippen LogP) is 3.97. The number of carbonyl (C=O) groups is 1. The Hall–Kier alpha value is -2.38. The molecule has 0 spiro atoms. The van der Waals surface area contributed by atoms with E-state index in [2.05, 4.69) is 5.32 Å². The third-order valence-electron chi connectivity index (χ3n) is 4.45. The second kappa shape index (κ2) is 10.8. The highest BCUT2D eigenvalue weighted by molar-refractivity contribution is 7.86. The van der Waals surface area contributed by atoms with Crippen molar-refractivity contribution in [2.45, 2.75) is 50.5 Å². The third kappa shape index (κ3) is 7.70. The average Bonchev–Trinajstić information content (AvgIpc) is 2.67. The third-order valence-corrected chi connectivity index (χ3v) is 5.65. The van der Waals surface area contributed by atoms with Crippen LogP contribution >= 0.6 is 0 Å². The highest BCUT2D eigenvalue weighted by atomic mass is 32.2. The van der Waals surface area contributed by atoms with Gasteiger partial charge in [-0.15, -0.1) is 0 Å². The molecule has 6 nitrogen and oxygen atoms in total. The summed E-state index contributed by atoms with van der Waals surface area (Å²) in [5.41, 5.74) is 1.68. The van der Waals surface area contributed by atoms with Gasteiger partial charge in [-0.3, -0.25) is 4.55 Å². The van der Waals surface area contributed by atoms with Gasteiger partial charge in [0.05, 0.1) is 5.25 Å². The van der Waals surface area contributed by atoms with Gasteiger partial charge in [-0.2, -0.15) is 8.42 Å². The van der Waals surface area contributed by atoms with Crippen LogP contribution < -0.4 is 5.32 Å². The van der Waals surface area contributed by atoms with E-state index in [1.54, 1.807) is 0 Å². The average molecular weight is 406 g/mol. The molecule has 2 aromatic rings. The second-order valence-electron chi connectivity index (χ2n) is 6.75. The quantitative estimate of drug-likeness (QED) is 0.584. The molecule has 2 unspecified atom stereocenters. The molecule has 0 saturated heterocycles. The van der Waals surface area contributed by atoms with E-state index < -0.39 is 27.5 Å². The number of ether oxygens (including phenoxy) is 1. The molecule has 2 atom stereocenters. The molecule has 0 aliphatic rings. The van der Waals surface area contributed by atoms with Gasteiger partial charge in [0, 0.05) is 6.04 Å². The summed E-state index contributed by atoms with van der Waals surface area (Å²) in [6, 6.07) is 18.0. The van der Waals surface area contributed by atoms with Crippen molar-refractivity contribution in [3.63, 3.8) is 0 Å². The van der Waals surface area contributed by atoms with Crippen molar-refractivity contribution in [1.82, 2.24) is 5.32 Å². The molecule has 0 radical (unpaired) electrons. The predicted molar refractivity (Wildman–Crippen MR) is 109 cm³/mol. The molecule has 28 heavy (non-hydrogen) atoms. The standard InChI is InChI=1S/C21H27NO5S/c1-2-9-19(22-21(23)27-16-18-12-7-4-8-13-18)15-20(28(24,25)26)14-17-10-5-3-6-11-17/h3-8,10-13,19-20H,2,9,14-16H2,1H3,(H,22,23)(H,24,25,26). The van der Waals surface area contributed by atoms with E-state index in [1.807, 2.05) is 67.6 Å². The first kappa shape index (κ1) is 21.9. The van der Waals surface area contributed by atoms with E-state index in [0.29, 0.717) is 6.42 Å². The number of hydrogen-bond donors (Lipinski definition) is 2. The molecule has 0 saturated carbocycles. The van der Waals surface area contributed by atoms with Crippen molar-refractivity contribution >= 4 is 16.2 Å². The van der Waals surface area contributed by atoms with E-state index in [1.165, 1.54) is 0 Å². The van der Waals surface area contributed by atoms with Crippen molar-refractivity contribution in [2.75, 3.05) is 0 Å². The lowest BCUT2D eigenvalue weighted by atomic mass is 10.0. The molecular formula is C21H27NO5S. The zero-order valence-corrected chi connectivity index (χ0v) is 16.8. The van der Waals surface area contributed by atoms with Gasteiger partial charge in [0.1, 0.15) is 6.61 Å². The highest BCUT2D eigenvalue weighted by Gasteiger charge is 2.28. The number of rotatable bonds is 10. The summed E-state index contributed by atoms with van der Waals surface area (Å²) in [5, 5.41) is 1.74. The first-order chi connectivity index (χ1) is 13.4. The van der Waals surface area contributed by atoms with E-state index in [-0.39, 0.29) is 19.4 Å². The van der Waals surface area contributed by atoms with Crippen LogP contribution in [-0.2, 0) is 27.9 Å². The van der Waals surface area contributed by atoms with Crippen LogP contribution in [0.4, 0.5) is 4.79 Å². The van der Waals surface area contributed by atoms with Crippen molar-refractivity contribution in [3.05, 3.63) is 71.8 Å². The van der Waals surface area contributed by atoms with Gasteiger partial charge in [0.25, 0.3) is 10.1 Å². The van der Waals surface area contributed by atoms with Crippen LogP contribution in [-0.4, -0.2) is 30.4 Å². The summed E-state index contributed by atoms with van der Waals surface area (Å²) in [4.78, 5) is 12.1. The van der Waals surface area contributed by atoms with Crippen molar-refractivity contribution < 1.29 is 22.5 Å². The minimum Gasteiger partial charge on any atom is -0.445 e. The molecule has 2 N–H and O–H groups in total. The minimum atomic E-state index is -4.26. The Morgan fingerprint density at radius 2 is 1.61 bits per heavy atom. The largest absolute Gasteiger partial charge is 0.445 e. The maximum Gasteiger partial charge on any atom is 0.407 e. The van der Waals surface area contributed by atoms with Crippen LogP contribution in [0.5, 0.6) is 0 Å². The van der Waals surface area contributed by atoms with E-state index >= 15 is 0 Å². The van der Waals surface area contributed by atoms with Crippen LogP contribution in [0.2, 0.25) is 0 Å². The van der Waals surface area contributed by atoms with E-state index in [9.17, 15) is 17.8 Å². The number of hydrogen-bond acceptors (Lipinski definition) is 4.